The van der Waals surface area contributed by atoms with Crippen LogP contribution in [0.3, 0.4) is 0 Å². The minimum absolute atomic E-state index is 0.00348. The van der Waals surface area contributed by atoms with E-state index in [-0.39, 0.29) is 10.7 Å². The Labute approximate surface area is 151 Å². The highest BCUT2D eigenvalue weighted by molar-refractivity contribution is 7.89. The first kappa shape index (κ1) is 19.7. The van der Waals surface area contributed by atoms with Gasteiger partial charge in [0.05, 0.1) is 11.2 Å². The lowest BCUT2D eigenvalue weighted by Crippen LogP contribution is -2.30. The van der Waals surface area contributed by atoms with Crippen molar-refractivity contribution in [2.45, 2.75) is 18.7 Å². The number of anilines is 1. The second-order valence-electron chi connectivity index (χ2n) is 5.22. The van der Waals surface area contributed by atoms with E-state index in [1.54, 1.807) is 13.8 Å². The van der Waals surface area contributed by atoms with Crippen molar-refractivity contribution >= 4 is 27.6 Å². The van der Waals surface area contributed by atoms with Crippen LogP contribution in [-0.2, 0) is 19.6 Å². The van der Waals surface area contributed by atoms with Gasteiger partial charge in [0.2, 0.25) is 15.8 Å². The van der Waals surface area contributed by atoms with Gasteiger partial charge in [0.15, 0.2) is 6.61 Å². The van der Waals surface area contributed by atoms with E-state index in [9.17, 15) is 18.0 Å². The number of carbonyl (C=O) groups excluding carboxylic acids is 2. The topological polar surface area (TPSA) is 106 Å². The molecule has 0 unspecified atom stereocenters. The van der Waals surface area contributed by atoms with Gasteiger partial charge in [0, 0.05) is 18.8 Å². The molecular formula is C17H20N2O6S. The average molecular weight is 380 g/mol. The molecule has 0 bridgehead atoms. The van der Waals surface area contributed by atoms with E-state index in [4.69, 9.17) is 9.15 Å². The SMILES string of the molecule is CCN(CC)S(=O)(=O)c1ccc(NC(=O)COC(=O)c2ccco2)cc1. The van der Waals surface area contributed by atoms with Gasteiger partial charge in [-0.1, -0.05) is 13.8 Å². The van der Waals surface area contributed by atoms with Crippen LogP contribution in [0, 0.1) is 0 Å². The third-order valence-corrected chi connectivity index (χ3v) is 5.60. The third-order valence-electron chi connectivity index (χ3n) is 3.54. The molecule has 2 aromatic rings. The van der Waals surface area contributed by atoms with Crippen LogP contribution in [0.4, 0.5) is 5.69 Å². The normalized spacial score (nSPS) is 11.3. The molecule has 8 nitrogen and oxygen atoms in total. The monoisotopic (exact) mass is 380 g/mol. The molecule has 1 amide bonds. The van der Waals surface area contributed by atoms with Gasteiger partial charge in [-0.25, -0.2) is 13.2 Å². The fourth-order valence-corrected chi connectivity index (χ4v) is 3.67. The van der Waals surface area contributed by atoms with Crippen LogP contribution in [0.5, 0.6) is 0 Å². The summed E-state index contributed by atoms with van der Waals surface area (Å²) in [6.07, 6.45) is 1.32. The Morgan fingerprint density at radius 3 is 2.31 bits per heavy atom. The molecule has 0 aliphatic rings. The number of amides is 1. The largest absolute Gasteiger partial charge is 0.457 e. The number of carbonyl (C=O) groups is 2. The smallest absolute Gasteiger partial charge is 0.374 e. The van der Waals surface area contributed by atoms with Crippen molar-refractivity contribution in [1.29, 1.82) is 0 Å². The molecule has 9 heteroatoms. The highest BCUT2D eigenvalue weighted by Crippen LogP contribution is 2.18. The standard InChI is InChI=1S/C17H20N2O6S/c1-3-19(4-2)26(22,23)14-9-7-13(8-10-14)18-16(20)12-25-17(21)15-6-5-11-24-15/h5-11H,3-4,12H2,1-2H3,(H,18,20). The van der Waals surface area contributed by atoms with E-state index in [2.05, 4.69) is 5.32 Å². The Bertz CT molecular complexity index is 840. The van der Waals surface area contributed by atoms with E-state index in [0.29, 0.717) is 18.8 Å². The maximum absolute atomic E-state index is 12.4. The lowest BCUT2D eigenvalue weighted by molar-refractivity contribution is -0.119. The fourth-order valence-electron chi connectivity index (χ4n) is 2.22. The Morgan fingerprint density at radius 1 is 1.12 bits per heavy atom. The molecule has 140 valence electrons. The van der Waals surface area contributed by atoms with Crippen molar-refractivity contribution in [3.05, 3.63) is 48.4 Å². The maximum Gasteiger partial charge on any atom is 0.374 e. The molecule has 2 rings (SSSR count). The first-order valence-electron chi connectivity index (χ1n) is 7.99. The van der Waals surface area contributed by atoms with E-state index in [0.717, 1.165) is 0 Å². The summed E-state index contributed by atoms with van der Waals surface area (Å²) in [5.74, 6) is -1.29. The molecule has 1 aromatic heterocycles. The number of nitrogens with one attached hydrogen (secondary N) is 1. The number of benzene rings is 1. The van der Waals surface area contributed by atoms with Gasteiger partial charge in [0.1, 0.15) is 0 Å². The fraction of sp³-hybridized carbons (Fsp3) is 0.294. The lowest BCUT2D eigenvalue weighted by atomic mass is 10.3. The Kier molecular flexibility index (Phi) is 6.53. The van der Waals surface area contributed by atoms with Crippen LogP contribution in [0.15, 0.2) is 52.0 Å². The van der Waals surface area contributed by atoms with Crippen LogP contribution in [0.2, 0.25) is 0 Å². The summed E-state index contributed by atoms with van der Waals surface area (Å²) in [4.78, 5) is 23.5. The molecule has 0 atom stereocenters. The number of hydrogen-bond acceptors (Lipinski definition) is 6. The molecule has 26 heavy (non-hydrogen) atoms. The number of furan rings is 1. The van der Waals surface area contributed by atoms with Gasteiger partial charge in [-0.3, -0.25) is 4.79 Å². The predicted octanol–water partition coefficient (Wildman–Crippen LogP) is 2.11. The summed E-state index contributed by atoms with van der Waals surface area (Å²) in [7, 11) is -3.55. The third kappa shape index (κ3) is 4.70. The summed E-state index contributed by atoms with van der Waals surface area (Å²) in [5.41, 5.74) is 0.391. The molecule has 0 radical (unpaired) electrons. The first-order valence-corrected chi connectivity index (χ1v) is 9.43. The van der Waals surface area contributed by atoms with Crippen molar-refractivity contribution in [1.82, 2.24) is 4.31 Å². The summed E-state index contributed by atoms with van der Waals surface area (Å²) in [6.45, 7) is 3.79. The zero-order valence-electron chi connectivity index (χ0n) is 14.5. The molecule has 0 aliphatic heterocycles. The minimum Gasteiger partial charge on any atom is -0.457 e. The molecule has 0 saturated carbocycles. The maximum atomic E-state index is 12.4. The van der Waals surface area contributed by atoms with Crippen LogP contribution in [-0.4, -0.2) is 44.3 Å². The van der Waals surface area contributed by atoms with Crippen LogP contribution in [0.1, 0.15) is 24.4 Å². The molecule has 0 fully saturated rings. The zero-order valence-corrected chi connectivity index (χ0v) is 15.3. The molecule has 0 spiro atoms. The zero-order chi connectivity index (χ0) is 19.2. The molecule has 0 saturated heterocycles. The predicted molar refractivity (Wildman–Crippen MR) is 94.2 cm³/mol. The number of sulfonamides is 1. The van der Waals surface area contributed by atoms with Gasteiger partial charge >= 0.3 is 5.97 Å². The van der Waals surface area contributed by atoms with E-state index in [1.165, 1.54) is 47.0 Å². The summed E-state index contributed by atoms with van der Waals surface area (Å²) >= 11 is 0. The quantitative estimate of drug-likeness (QED) is 0.703. The Hall–Kier alpha value is -2.65. The summed E-state index contributed by atoms with van der Waals surface area (Å²) in [5, 5.41) is 2.52. The highest BCUT2D eigenvalue weighted by Gasteiger charge is 2.21. The van der Waals surface area contributed by atoms with Gasteiger partial charge in [-0.2, -0.15) is 4.31 Å². The minimum atomic E-state index is -3.55. The first-order chi connectivity index (χ1) is 12.4. The number of hydrogen-bond donors (Lipinski definition) is 1. The second-order valence-corrected chi connectivity index (χ2v) is 7.15. The molecule has 1 aromatic carbocycles. The molecule has 0 aliphatic carbocycles. The summed E-state index contributed by atoms with van der Waals surface area (Å²) < 4.78 is 35.8. The second kappa shape index (κ2) is 8.63. The Morgan fingerprint density at radius 2 is 1.77 bits per heavy atom. The number of rotatable bonds is 8. The van der Waals surface area contributed by atoms with Gasteiger partial charge in [-0.05, 0) is 36.4 Å². The van der Waals surface area contributed by atoms with Crippen LogP contribution < -0.4 is 5.32 Å². The number of nitrogens with zero attached hydrogens (tertiary/aromatic N) is 1. The van der Waals surface area contributed by atoms with Crippen molar-refractivity contribution in [3.8, 4) is 0 Å². The van der Waals surface area contributed by atoms with E-state index < -0.39 is 28.5 Å². The van der Waals surface area contributed by atoms with Crippen molar-refractivity contribution in [3.63, 3.8) is 0 Å². The average Bonchev–Trinajstić information content (AvgIpc) is 3.16. The molecule has 1 N–H and O–H groups in total. The van der Waals surface area contributed by atoms with Gasteiger partial charge in [-0.15, -0.1) is 0 Å². The number of esters is 1. The van der Waals surface area contributed by atoms with Gasteiger partial charge in [0.25, 0.3) is 5.91 Å². The highest BCUT2D eigenvalue weighted by atomic mass is 32.2. The molecule has 1 heterocycles. The lowest BCUT2D eigenvalue weighted by Gasteiger charge is -2.18. The van der Waals surface area contributed by atoms with Crippen LogP contribution >= 0.6 is 0 Å². The van der Waals surface area contributed by atoms with Crippen molar-refractivity contribution in [2.24, 2.45) is 0 Å². The van der Waals surface area contributed by atoms with E-state index in [1.807, 2.05) is 0 Å². The van der Waals surface area contributed by atoms with Crippen LogP contribution in [0.25, 0.3) is 0 Å². The van der Waals surface area contributed by atoms with Crippen molar-refractivity contribution < 1.29 is 27.2 Å². The van der Waals surface area contributed by atoms with Crippen molar-refractivity contribution in [2.75, 3.05) is 25.0 Å². The summed E-state index contributed by atoms with van der Waals surface area (Å²) in [6, 6.07) is 8.74. The number of ether oxygens (including phenoxy) is 1. The molecular weight excluding hydrogens is 360 g/mol. The Balaban J connectivity index is 1.94. The van der Waals surface area contributed by atoms with E-state index >= 15 is 0 Å². The van der Waals surface area contributed by atoms with Gasteiger partial charge < -0.3 is 14.5 Å².